The molecule has 2 N–H and O–H groups in total. The van der Waals surface area contributed by atoms with E-state index < -0.39 is 23.6 Å². The first-order chi connectivity index (χ1) is 10.5. The second-order valence-corrected chi connectivity index (χ2v) is 5.13. The second kappa shape index (κ2) is 7.33. The van der Waals surface area contributed by atoms with Crippen LogP contribution in [0.1, 0.15) is 17.2 Å². The first-order valence-corrected chi connectivity index (χ1v) is 6.99. The minimum atomic E-state index is -1.18. The summed E-state index contributed by atoms with van der Waals surface area (Å²) in [5, 5.41) is 12.5. The fourth-order valence-corrected chi connectivity index (χ4v) is 2.22. The van der Waals surface area contributed by atoms with E-state index in [0.717, 1.165) is 0 Å². The number of carbonyl (C=O) groups is 1. The van der Waals surface area contributed by atoms with E-state index in [1.807, 2.05) is 0 Å². The summed E-state index contributed by atoms with van der Waals surface area (Å²) in [6.45, 7) is -0.175. The average Bonchev–Trinajstić information content (AvgIpc) is 2.49. The molecule has 22 heavy (non-hydrogen) atoms. The Morgan fingerprint density at radius 2 is 1.82 bits per heavy atom. The van der Waals surface area contributed by atoms with Crippen molar-refractivity contribution in [2.75, 3.05) is 6.54 Å². The molecule has 0 aromatic heterocycles. The number of nitrogens with one attached hydrogen (secondary N) is 1. The zero-order valence-electron chi connectivity index (χ0n) is 11.5. The third-order valence-electron chi connectivity index (χ3n) is 3.16. The number of aliphatic hydroxyl groups is 1. The molecular weight excluding hydrogens is 312 g/mol. The zero-order valence-corrected chi connectivity index (χ0v) is 12.3. The Labute approximate surface area is 131 Å². The third kappa shape index (κ3) is 4.02. The number of rotatable bonds is 5. The summed E-state index contributed by atoms with van der Waals surface area (Å²) >= 11 is 5.83. The van der Waals surface area contributed by atoms with Crippen molar-refractivity contribution in [2.24, 2.45) is 0 Å². The molecular formula is C16H14ClF2NO2. The Morgan fingerprint density at radius 3 is 2.50 bits per heavy atom. The Balaban J connectivity index is 1.95. The van der Waals surface area contributed by atoms with Crippen molar-refractivity contribution in [1.29, 1.82) is 0 Å². The molecule has 0 heterocycles. The summed E-state index contributed by atoms with van der Waals surface area (Å²) in [5.74, 6) is -1.64. The highest BCUT2D eigenvalue weighted by molar-refractivity contribution is 6.31. The van der Waals surface area contributed by atoms with Crippen LogP contribution in [0.2, 0.25) is 5.02 Å². The van der Waals surface area contributed by atoms with Gasteiger partial charge in [-0.05, 0) is 18.2 Å². The van der Waals surface area contributed by atoms with Gasteiger partial charge in [-0.25, -0.2) is 8.78 Å². The van der Waals surface area contributed by atoms with Crippen LogP contribution in [0.5, 0.6) is 0 Å². The van der Waals surface area contributed by atoms with Gasteiger partial charge in [0.05, 0.1) is 12.5 Å². The first-order valence-electron chi connectivity index (χ1n) is 6.61. The largest absolute Gasteiger partial charge is 0.386 e. The maximum atomic E-state index is 13.6. The zero-order chi connectivity index (χ0) is 16.1. The maximum Gasteiger partial charge on any atom is 0.224 e. The number of benzene rings is 2. The molecule has 116 valence electrons. The molecule has 2 aromatic carbocycles. The SMILES string of the molecule is O=C(Cc1c(F)cccc1Cl)NCC(O)c1ccccc1F. The normalized spacial score (nSPS) is 12.0. The lowest BCUT2D eigenvalue weighted by atomic mass is 10.1. The molecule has 0 aliphatic rings. The maximum absolute atomic E-state index is 13.6. The third-order valence-corrected chi connectivity index (χ3v) is 3.51. The fraction of sp³-hybridized carbons (Fsp3) is 0.188. The molecule has 0 saturated heterocycles. The van der Waals surface area contributed by atoms with Crippen molar-refractivity contribution in [3.8, 4) is 0 Å². The van der Waals surface area contributed by atoms with Crippen LogP contribution in [0.15, 0.2) is 42.5 Å². The smallest absolute Gasteiger partial charge is 0.224 e. The van der Waals surface area contributed by atoms with Gasteiger partial charge in [-0.2, -0.15) is 0 Å². The molecule has 2 rings (SSSR count). The summed E-state index contributed by atoms with van der Waals surface area (Å²) in [7, 11) is 0. The van der Waals surface area contributed by atoms with Crippen LogP contribution in [-0.2, 0) is 11.2 Å². The molecule has 0 bridgehead atoms. The van der Waals surface area contributed by atoms with Crippen molar-refractivity contribution in [1.82, 2.24) is 5.32 Å². The van der Waals surface area contributed by atoms with E-state index in [0.29, 0.717) is 0 Å². The van der Waals surface area contributed by atoms with E-state index >= 15 is 0 Å². The fourth-order valence-electron chi connectivity index (χ4n) is 1.99. The molecule has 0 spiro atoms. The lowest BCUT2D eigenvalue weighted by Crippen LogP contribution is -2.30. The molecule has 0 saturated carbocycles. The number of hydrogen-bond acceptors (Lipinski definition) is 2. The monoisotopic (exact) mass is 325 g/mol. The van der Waals surface area contributed by atoms with Gasteiger partial charge < -0.3 is 10.4 Å². The van der Waals surface area contributed by atoms with Gasteiger partial charge in [-0.3, -0.25) is 4.79 Å². The summed E-state index contributed by atoms with van der Waals surface area (Å²) in [6, 6.07) is 9.89. The molecule has 0 aliphatic carbocycles. The van der Waals surface area contributed by atoms with Gasteiger partial charge in [0.15, 0.2) is 0 Å². The number of aliphatic hydroxyl groups excluding tert-OH is 1. The molecule has 1 amide bonds. The molecule has 1 unspecified atom stereocenters. The predicted octanol–water partition coefficient (Wildman–Crippen LogP) is 3.01. The second-order valence-electron chi connectivity index (χ2n) is 4.72. The summed E-state index contributed by atoms with van der Waals surface area (Å²) < 4.78 is 27.0. The summed E-state index contributed by atoms with van der Waals surface area (Å²) in [5.41, 5.74) is 0.175. The molecule has 6 heteroatoms. The van der Waals surface area contributed by atoms with Crippen LogP contribution in [-0.4, -0.2) is 17.6 Å². The van der Waals surface area contributed by atoms with E-state index in [4.69, 9.17) is 11.6 Å². The van der Waals surface area contributed by atoms with Crippen molar-refractivity contribution in [3.63, 3.8) is 0 Å². The van der Waals surface area contributed by atoms with Crippen LogP contribution in [0.25, 0.3) is 0 Å². The van der Waals surface area contributed by atoms with Crippen molar-refractivity contribution < 1.29 is 18.7 Å². The Hall–Kier alpha value is -1.98. The summed E-state index contributed by atoms with van der Waals surface area (Å²) in [4.78, 5) is 11.8. The molecule has 1 atom stereocenters. The number of carbonyl (C=O) groups excluding carboxylic acids is 1. The van der Waals surface area contributed by atoms with E-state index in [1.165, 1.54) is 36.4 Å². The number of hydrogen-bond donors (Lipinski definition) is 2. The molecule has 0 radical (unpaired) electrons. The Kier molecular flexibility index (Phi) is 5.46. The predicted molar refractivity (Wildman–Crippen MR) is 79.5 cm³/mol. The van der Waals surface area contributed by atoms with Crippen LogP contribution in [0, 0.1) is 11.6 Å². The van der Waals surface area contributed by atoms with Crippen molar-refractivity contribution in [3.05, 3.63) is 70.2 Å². The van der Waals surface area contributed by atoms with Crippen molar-refractivity contribution >= 4 is 17.5 Å². The van der Waals surface area contributed by atoms with E-state index in [1.54, 1.807) is 6.07 Å². The van der Waals surface area contributed by atoms with E-state index in [2.05, 4.69) is 5.32 Å². The number of amides is 1. The minimum Gasteiger partial charge on any atom is -0.386 e. The van der Waals surface area contributed by atoms with Gasteiger partial charge in [0.2, 0.25) is 5.91 Å². The molecule has 0 fully saturated rings. The summed E-state index contributed by atoms with van der Waals surface area (Å²) in [6.07, 6.45) is -1.43. The first kappa shape index (κ1) is 16.4. The van der Waals surface area contributed by atoms with E-state index in [9.17, 15) is 18.7 Å². The topological polar surface area (TPSA) is 49.3 Å². The van der Waals surface area contributed by atoms with Crippen LogP contribution in [0.4, 0.5) is 8.78 Å². The highest BCUT2D eigenvalue weighted by Gasteiger charge is 2.15. The van der Waals surface area contributed by atoms with Gasteiger partial charge in [0.1, 0.15) is 11.6 Å². The standard InChI is InChI=1S/C16H14ClF2NO2/c17-12-5-3-7-14(19)11(12)8-16(22)20-9-15(21)10-4-1-2-6-13(10)18/h1-7,15,21H,8-9H2,(H,20,22). The van der Waals surface area contributed by atoms with Gasteiger partial charge >= 0.3 is 0 Å². The highest BCUT2D eigenvalue weighted by Crippen LogP contribution is 2.20. The van der Waals surface area contributed by atoms with Gasteiger partial charge in [-0.15, -0.1) is 0 Å². The molecule has 0 aliphatic heterocycles. The van der Waals surface area contributed by atoms with Crippen LogP contribution >= 0.6 is 11.6 Å². The quantitative estimate of drug-likeness (QED) is 0.888. The van der Waals surface area contributed by atoms with Gasteiger partial charge in [0, 0.05) is 22.7 Å². The Bertz CT molecular complexity index is 659. The van der Waals surface area contributed by atoms with Crippen LogP contribution < -0.4 is 5.32 Å². The van der Waals surface area contributed by atoms with Crippen molar-refractivity contribution in [2.45, 2.75) is 12.5 Å². The van der Waals surface area contributed by atoms with Gasteiger partial charge in [0.25, 0.3) is 0 Å². The molecule has 3 nitrogen and oxygen atoms in total. The van der Waals surface area contributed by atoms with Crippen LogP contribution in [0.3, 0.4) is 0 Å². The van der Waals surface area contributed by atoms with E-state index in [-0.39, 0.29) is 29.1 Å². The molecule has 2 aromatic rings. The lowest BCUT2D eigenvalue weighted by molar-refractivity contribution is -0.121. The highest BCUT2D eigenvalue weighted by atomic mass is 35.5. The Morgan fingerprint density at radius 1 is 1.14 bits per heavy atom. The average molecular weight is 326 g/mol. The van der Waals surface area contributed by atoms with Gasteiger partial charge in [-0.1, -0.05) is 35.9 Å². The number of halogens is 3. The lowest BCUT2D eigenvalue weighted by Gasteiger charge is -2.13. The minimum absolute atomic E-state index is 0.0852.